The SMILES string of the molecule is CN(CCNC(=O)c1cccc(CCNC[C@H](O)c2ccc(O)c3[nH]c(=O)sc23)c1)C1CCCC2CC1C2OC(=O)C(O)(c1cccs1)c1cccs1. The molecule has 5 atom stereocenters. The van der Waals surface area contributed by atoms with Crippen molar-refractivity contribution in [2.24, 2.45) is 11.8 Å². The number of aromatic hydroxyl groups is 1. The van der Waals surface area contributed by atoms with Gasteiger partial charge < -0.3 is 40.6 Å². The number of likely N-dealkylation sites (N-methyl/N-ethyl adjacent to an activating group) is 1. The summed E-state index contributed by atoms with van der Waals surface area (Å²) in [6.07, 6.45) is 3.51. The quantitative estimate of drug-likeness (QED) is 0.0636. The Morgan fingerprint density at radius 2 is 1.83 bits per heavy atom. The third kappa shape index (κ3) is 7.86. The molecule has 0 saturated heterocycles. The van der Waals surface area contributed by atoms with Crippen LogP contribution >= 0.6 is 34.0 Å². The first kappa shape index (κ1) is 37.4. The fourth-order valence-corrected chi connectivity index (χ4v) is 10.5. The van der Waals surface area contributed by atoms with Gasteiger partial charge in [-0.25, -0.2) is 4.79 Å². The van der Waals surface area contributed by atoms with Gasteiger partial charge >= 0.3 is 10.8 Å². The molecule has 3 saturated carbocycles. The Labute approximate surface area is 319 Å². The van der Waals surface area contributed by atoms with Crippen molar-refractivity contribution in [3.63, 3.8) is 0 Å². The summed E-state index contributed by atoms with van der Waals surface area (Å²) < 4.78 is 6.76. The highest BCUT2D eigenvalue weighted by molar-refractivity contribution is 7.16. The zero-order valence-corrected chi connectivity index (χ0v) is 31.8. The maximum atomic E-state index is 13.7. The van der Waals surface area contributed by atoms with E-state index in [0.29, 0.717) is 57.2 Å². The second-order valence-electron chi connectivity index (χ2n) is 14.0. The number of rotatable bonds is 15. The molecular formula is C39H44N4O7S3. The first-order chi connectivity index (χ1) is 25.6. The van der Waals surface area contributed by atoms with E-state index in [9.17, 15) is 29.7 Å². The summed E-state index contributed by atoms with van der Waals surface area (Å²) in [5, 5.41) is 42.6. The predicted octanol–water partition coefficient (Wildman–Crippen LogP) is 4.98. The lowest BCUT2D eigenvalue weighted by Gasteiger charge is -2.48. The van der Waals surface area contributed by atoms with Gasteiger partial charge in [0.1, 0.15) is 17.4 Å². The number of aliphatic hydroxyl groups excluding tert-OH is 1. The van der Waals surface area contributed by atoms with Gasteiger partial charge in [0.05, 0.1) is 20.6 Å². The van der Waals surface area contributed by atoms with E-state index in [0.717, 1.165) is 42.6 Å². The monoisotopic (exact) mass is 776 g/mol. The highest BCUT2D eigenvalue weighted by atomic mass is 32.1. The summed E-state index contributed by atoms with van der Waals surface area (Å²) in [5.41, 5.74) is 0.645. The molecule has 3 aromatic heterocycles. The second kappa shape index (κ2) is 16.2. The first-order valence-electron chi connectivity index (χ1n) is 18.0. The van der Waals surface area contributed by atoms with Crippen molar-refractivity contribution in [3.8, 4) is 5.75 Å². The van der Waals surface area contributed by atoms with E-state index in [1.165, 1.54) is 28.7 Å². The maximum Gasteiger partial charge on any atom is 0.349 e. The number of carbonyl (C=O) groups is 2. The van der Waals surface area contributed by atoms with Gasteiger partial charge in [-0.05, 0) is 91.8 Å². The summed E-state index contributed by atoms with van der Waals surface area (Å²) in [6.45, 7) is 1.94. The van der Waals surface area contributed by atoms with Crippen LogP contribution in [-0.4, -0.2) is 82.5 Å². The summed E-state index contributed by atoms with van der Waals surface area (Å²) >= 11 is 3.65. The van der Waals surface area contributed by atoms with E-state index in [1.807, 2.05) is 41.1 Å². The van der Waals surface area contributed by atoms with Crippen LogP contribution < -0.4 is 15.5 Å². The van der Waals surface area contributed by atoms with Gasteiger partial charge in [-0.1, -0.05) is 48.1 Å². The van der Waals surface area contributed by atoms with Crippen molar-refractivity contribution in [2.45, 2.75) is 56.0 Å². The number of aromatic nitrogens is 1. The van der Waals surface area contributed by atoms with Crippen LogP contribution in [0.4, 0.5) is 0 Å². The normalized spacial score (nSPS) is 20.5. The van der Waals surface area contributed by atoms with Gasteiger partial charge in [0.15, 0.2) is 0 Å². The zero-order valence-electron chi connectivity index (χ0n) is 29.3. The smallest absolute Gasteiger partial charge is 0.349 e. The van der Waals surface area contributed by atoms with Gasteiger partial charge in [0, 0.05) is 42.7 Å². The number of phenolic OH excluding ortho intramolecular Hbond substituents is 1. The topological polar surface area (TPSA) is 164 Å². The second-order valence-corrected chi connectivity index (χ2v) is 16.9. The molecule has 3 aliphatic carbocycles. The number of amides is 1. The lowest BCUT2D eigenvalue weighted by molar-refractivity contribution is -0.186. The molecule has 280 valence electrons. The molecule has 2 bridgehead atoms. The Bertz CT molecular complexity index is 2050. The summed E-state index contributed by atoms with van der Waals surface area (Å²) in [4.78, 5) is 44.4. The molecular weight excluding hydrogens is 733 g/mol. The van der Waals surface area contributed by atoms with E-state index < -0.39 is 17.7 Å². The molecule has 11 nitrogen and oxygen atoms in total. The van der Waals surface area contributed by atoms with Crippen molar-refractivity contribution < 1.29 is 29.6 Å². The molecule has 14 heteroatoms. The van der Waals surface area contributed by atoms with Gasteiger partial charge in [0.25, 0.3) is 5.91 Å². The van der Waals surface area contributed by atoms with Crippen LogP contribution in [0.2, 0.25) is 0 Å². The van der Waals surface area contributed by atoms with Crippen molar-refractivity contribution in [1.29, 1.82) is 0 Å². The van der Waals surface area contributed by atoms with Crippen molar-refractivity contribution in [3.05, 3.63) is 108 Å². The number of H-pyrrole nitrogens is 1. The van der Waals surface area contributed by atoms with E-state index in [1.54, 1.807) is 24.3 Å². The minimum atomic E-state index is -1.82. The van der Waals surface area contributed by atoms with Crippen LogP contribution in [0.25, 0.3) is 10.2 Å². The summed E-state index contributed by atoms with van der Waals surface area (Å²) in [5.74, 6) is -0.340. The number of hydrogen-bond acceptors (Lipinski definition) is 12. The van der Waals surface area contributed by atoms with Crippen LogP contribution in [0.3, 0.4) is 0 Å². The number of fused-ring (bicyclic) bond motifs is 4. The lowest BCUT2D eigenvalue weighted by atomic mass is 9.68. The van der Waals surface area contributed by atoms with E-state index >= 15 is 0 Å². The van der Waals surface area contributed by atoms with Crippen LogP contribution in [0.15, 0.2) is 76.2 Å². The Morgan fingerprint density at radius 3 is 2.57 bits per heavy atom. The number of esters is 1. The molecule has 0 spiro atoms. The van der Waals surface area contributed by atoms with Crippen LogP contribution in [0.1, 0.15) is 63.0 Å². The summed E-state index contributed by atoms with van der Waals surface area (Å²) in [7, 11) is 2.07. The van der Waals surface area contributed by atoms with Crippen molar-refractivity contribution in [1.82, 2.24) is 20.5 Å². The molecule has 3 fully saturated rings. The number of carbonyl (C=O) groups excluding carboxylic acids is 2. The zero-order chi connectivity index (χ0) is 37.1. The molecule has 4 unspecified atom stereocenters. The Kier molecular flexibility index (Phi) is 11.5. The van der Waals surface area contributed by atoms with Crippen LogP contribution in [0.5, 0.6) is 5.75 Å². The van der Waals surface area contributed by atoms with Crippen molar-refractivity contribution in [2.75, 3.05) is 33.2 Å². The average Bonchev–Trinajstić information content (AvgIpc) is 3.92. The highest BCUT2D eigenvalue weighted by Gasteiger charge is 2.53. The molecule has 2 aromatic carbocycles. The van der Waals surface area contributed by atoms with E-state index in [2.05, 4.69) is 27.6 Å². The minimum absolute atomic E-state index is 0.0295. The fraction of sp³-hybridized carbons (Fsp3) is 0.410. The number of ether oxygens (including phenoxy) is 1. The molecule has 53 heavy (non-hydrogen) atoms. The van der Waals surface area contributed by atoms with Crippen molar-refractivity contribution >= 4 is 56.1 Å². The van der Waals surface area contributed by atoms with E-state index in [-0.39, 0.29) is 47.1 Å². The predicted molar refractivity (Wildman–Crippen MR) is 208 cm³/mol. The van der Waals surface area contributed by atoms with Gasteiger partial charge in [0.2, 0.25) is 5.60 Å². The number of thiazole rings is 1. The maximum absolute atomic E-state index is 13.7. The largest absolute Gasteiger partial charge is 0.506 e. The minimum Gasteiger partial charge on any atom is -0.506 e. The molecule has 3 aliphatic rings. The van der Waals surface area contributed by atoms with E-state index in [4.69, 9.17) is 4.74 Å². The fourth-order valence-electron chi connectivity index (χ4n) is 7.83. The Morgan fingerprint density at radius 1 is 1.06 bits per heavy atom. The number of benzene rings is 2. The van der Waals surface area contributed by atoms with Gasteiger partial charge in [-0.2, -0.15) is 0 Å². The number of aromatic amines is 1. The molecule has 0 radical (unpaired) electrons. The third-order valence-electron chi connectivity index (χ3n) is 10.7. The third-order valence-corrected chi connectivity index (χ3v) is 13.6. The lowest BCUT2D eigenvalue weighted by Crippen LogP contribution is -2.55. The number of aliphatic hydroxyl groups is 2. The van der Waals surface area contributed by atoms with Gasteiger partial charge in [-0.3, -0.25) is 9.59 Å². The number of hydrogen-bond donors (Lipinski definition) is 6. The Balaban J connectivity index is 0.884. The molecule has 8 rings (SSSR count). The number of nitrogens with one attached hydrogen (secondary N) is 3. The molecule has 0 aliphatic heterocycles. The molecule has 3 heterocycles. The number of thiophene rings is 2. The first-order valence-corrected chi connectivity index (χ1v) is 20.5. The average molecular weight is 777 g/mol. The standard InChI is InChI=1S/C39H44N4O7S3/c1-43(28-9-3-7-24-21-27(28)34(24)50-37(47)39(49,31-10-4-18-51-31)32-11-5-19-52-32)17-16-41-36(46)25-8-2-6-23(20-25)14-15-40-22-30(45)26-12-13-29(44)33-35(26)53-38(48)42-33/h2,4-6,8,10-13,18-20,24,27-28,30,34,40,44-45,49H,3,7,9,14-17,21-22H2,1H3,(H,41,46)(H,42,48)/t24?,27?,28?,30-,34?/m0/s1. The number of phenols is 1. The Hall–Kier alpha value is -3.89. The van der Waals surface area contributed by atoms with Crippen LogP contribution in [-0.2, 0) is 21.6 Å². The summed E-state index contributed by atoms with van der Waals surface area (Å²) in [6, 6.07) is 18.0. The van der Waals surface area contributed by atoms with Crippen LogP contribution in [0, 0.1) is 11.8 Å². The molecule has 6 N–H and O–H groups in total. The van der Waals surface area contributed by atoms with Gasteiger partial charge in [-0.15, -0.1) is 22.7 Å². The highest BCUT2D eigenvalue weighted by Crippen LogP contribution is 2.49. The molecule has 1 amide bonds. The molecule has 5 aromatic rings. The number of nitrogens with zero attached hydrogens (tertiary/aromatic N) is 1.